The summed E-state index contributed by atoms with van der Waals surface area (Å²) in [5.41, 5.74) is 2.47. The Bertz CT molecular complexity index is 460. The number of benzene rings is 1. The molecule has 1 N–H and O–H groups in total. The van der Waals surface area contributed by atoms with E-state index < -0.39 is 6.09 Å². The van der Waals surface area contributed by atoms with Crippen LogP contribution in [-0.2, 0) is 11.2 Å². The smallest absolute Gasteiger partial charge is 0.407 e. The third kappa shape index (κ3) is 1.86. The Labute approximate surface area is 106 Å². The van der Waals surface area contributed by atoms with Crippen LogP contribution in [0.25, 0.3) is 0 Å². The lowest BCUT2D eigenvalue weighted by atomic mass is 9.92. The minimum Gasteiger partial charge on any atom is -0.465 e. The molecule has 1 aromatic carbocycles. The SMILES string of the molecule is O=C(O)N1CCCC1C1OCCc2ccccc21. The first-order valence-corrected chi connectivity index (χ1v) is 6.46. The number of hydrogen-bond acceptors (Lipinski definition) is 2. The Hall–Kier alpha value is -1.55. The summed E-state index contributed by atoms with van der Waals surface area (Å²) >= 11 is 0. The van der Waals surface area contributed by atoms with E-state index in [1.807, 2.05) is 12.1 Å². The monoisotopic (exact) mass is 247 g/mol. The molecule has 2 unspecified atom stereocenters. The van der Waals surface area contributed by atoms with Crippen molar-refractivity contribution in [3.8, 4) is 0 Å². The fourth-order valence-electron chi connectivity index (χ4n) is 3.09. The molecule has 2 aliphatic heterocycles. The maximum atomic E-state index is 11.2. The number of fused-ring (bicyclic) bond motifs is 1. The number of carboxylic acid groups (broad SMARTS) is 1. The van der Waals surface area contributed by atoms with E-state index in [0.717, 1.165) is 19.3 Å². The van der Waals surface area contributed by atoms with Crippen molar-refractivity contribution in [2.45, 2.75) is 31.4 Å². The number of carbonyl (C=O) groups is 1. The minimum absolute atomic E-state index is 0.0241. The van der Waals surface area contributed by atoms with Crippen LogP contribution in [0.5, 0.6) is 0 Å². The second kappa shape index (κ2) is 4.61. The van der Waals surface area contributed by atoms with Crippen molar-refractivity contribution in [3.05, 3.63) is 35.4 Å². The first-order valence-electron chi connectivity index (χ1n) is 6.46. The first kappa shape index (κ1) is 11.5. The summed E-state index contributed by atoms with van der Waals surface area (Å²) in [5, 5.41) is 9.23. The Morgan fingerprint density at radius 2 is 2.22 bits per heavy atom. The molecule has 2 atom stereocenters. The second-order valence-electron chi connectivity index (χ2n) is 4.93. The summed E-state index contributed by atoms with van der Waals surface area (Å²) in [6, 6.07) is 8.19. The van der Waals surface area contributed by atoms with Gasteiger partial charge in [-0.15, -0.1) is 0 Å². The maximum absolute atomic E-state index is 11.2. The Morgan fingerprint density at radius 3 is 3.06 bits per heavy atom. The normalized spacial score (nSPS) is 27.0. The average Bonchev–Trinajstić information content (AvgIpc) is 2.87. The van der Waals surface area contributed by atoms with Gasteiger partial charge in [0.1, 0.15) is 6.10 Å². The van der Waals surface area contributed by atoms with Gasteiger partial charge in [-0.1, -0.05) is 24.3 Å². The molecular formula is C14H17NO3. The van der Waals surface area contributed by atoms with Gasteiger partial charge in [0.2, 0.25) is 0 Å². The molecule has 0 radical (unpaired) electrons. The molecule has 0 aliphatic carbocycles. The van der Waals surface area contributed by atoms with Gasteiger partial charge in [0.05, 0.1) is 12.6 Å². The van der Waals surface area contributed by atoms with Crippen molar-refractivity contribution in [1.29, 1.82) is 0 Å². The molecule has 2 aliphatic rings. The molecule has 1 amide bonds. The van der Waals surface area contributed by atoms with Crippen LogP contribution >= 0.6 is 0 Å². The number of hydrogen-bond donors (Lipinski definition) is 1. The Balaban J connectivity index is 1.91. The molecular weight excluding hydrogens is 230 g/mol. The van der Waals surface area contributed by atoms with E-state index in [4.69, 9.17) is 4.74 Å². The molecule has 1 aromatic rings. The zero-order chi connectivity index (χ0) is 12.5. The molecule has 96 valence electrons. The van der Waals surface area contributed by atoms with Crippen LogP contribution in [0.2, 0.25) is 0 Å². The van der Waals surface area contributed by atoms with Gasteiger partial charge < -0.3 is 14.7 Å². The van der Waals surface area contributed by atoms with Gasteiger partial charge in [-0.25, -0.2) is 4.79 Å². The van der Waals surface area contributed by atoms with Crippen molar-refractivity contribution in [1.82, 2.24) is 4.90 Å². The van der Waals surface area contributed by atoms with Crippen LogP contribution in [0.15, 0.2) is 24.3 Å². The molecule has 1 saturated heterocycles. The van der Waals surface area contributed by atoms with Crippen molar-refractivity contribution in [2.24, 2.45) is 0 Å². The lowest BCUT2D eigenvalue weighted by Gasteiger charge is -2.34. The summed E-state index contributed by atoms with van der Waals surface area (Å²) in [6.45, 7) is 1.31. The third-order valence-electron chi connectivity index (χ3n) is 3.92. The molecule has 1 fully saturated rings. The Morgan fingerprint density at radius 1 is 1.39 bits per heavy atom. The molecule has 4 nitrogen and oxygen atoms in total. The zero-order valence-electron chi connectivity index (χ0n) is 10.2. The maximum Gasteiger partial charge on any atom is 0.407 e. The number of nitrogens with zero attached hydrogens (tertiary/aromatic N) is 1. The fourth-order valence-corrected chi connectivity index (χ4v) is 3.09. The summed E-state index contributed by atoms with van der Waals surface area (Å²) in [6.07, 6.45) is 1.83. The molecule has 18 heavy (non-hydrogen) atoms. The standard InChI is InChI=1S/C14H17NO3/c16-14(17)15-8-3-6-12(15)13-11-5-2-1-4-10(11)7-9-18-13/h1-2,4-5,12-13H,3,6-9H2,(H,16,17). The predicted octanol–water partition coefficient (Wildman–Crippen LogP) is 2.44. The van der Waals surface area contributed by atoms with Gasteiger partial charge in [0, 0.05) is 6.54 Å². The number of rotatable bonds is 1. The highest BCUT2D eigenvalue weighted by atomic mass is 16.5. The Kier molecular flexibility index (Phi) is 2.96. The highest BCUT2D eigenvalue weighted by Gasteiger charge is 2.38. The molecule has 0 aromatic heterocycles. The van der Waals surface area contributed by atoms with Gasteiger partial charge in [-0.05, 0) is 30.4 Å². The molecule has 4 heteroatoms. The highest BCUT2D eigenvalue weighted by Crippen LogP contribution is 2.36. The van der Waals surface area contributed by atoms with E-state index in [1.165, 1.54) is 16.0 Å². The quantitative estimate of drug-likeness (QED) is 0.829. The third-order valence-corrected chi connectivity index (χ3v) is 3.92. The van der Waals surface area contributed by atoms with E-state index >= 15 is 0 Å². The van der Waals surface area contributed by atoms with Crippen LogP contribution in [-0.4, -0.2) is 35.3 Å². The lowest BCUT2D eigenvalue weighted by Crippen LogP contribution is -2.40. The lowest BCUT2D eigenvalue weighted by molar-refractivity contribution is -0.00827. The van der Waals surface area contributed by atoms with Gasteiger partial charge >= 0.3 is 6.09 Å². The van der Waals surface area contributed by atoms with Crippen LogP contribution < -0.4 is 0 Å². The number of amides is 1. The van der Waals surface area contributed by atoms with Crippen molar-refractivity contribution < 1.29 is 14.6 Å². The van der Waals surface area contributed by atoms with E-state index in [0.29, 0.717) is 13.2 Å². The highest BCUT2D eigenvalue weighted by molar-refractivity contribution is 5.66. The van der Waals surface area contributed by atoms with Crippen LogP contribution in [0, 0.1) is 0 Å². The summed E-state index contributed by atoms with van der Waals surface area (Å²) in [7, 11) is 0. The number of ether oxygens (including phenoxy) is 1. The summed E-state index contributed by atoms with van der Waals surface area (Å²) in [5.74, 6) is 0. The van der Waals surface area contributed by atoms with E-state index in [-0.39, 0.29) is 12.1 Å². The van der Waals surface area contributed by atoms with Crippen molar-refractivity contribution >= 4 is 6.09 Å². The van der Waals surface area contributed by atoms with Gasteiger partial charge in [0.15, 0.2) is 0 Å². The first-order chi connectivity index (χ1) is 8.77. The topological polar surface area (TPSA) is 49.8 Å². The largest absolute Gasteiger partial charge is 0.465 e. The van der Waals surface area contributed by atoms with Crippen LogP contribution in [0.4, 0.5) is 4.79 Å². The van der Waals surface area contributed by atoms with E-state index in [2.05, 4.69) is 12.1 Å². The summed E-state index contributed by atoms with van der Waals surface area (Å²) < 4.78 is 5.86. The van der Waals surface area contributed by atoms with E-state index in [1.54, 1.807) is 0 Å². The fraction of sp³-hybridized carbons (Fsp3) is 0.500. The van der Waals surface area contributed by atoms with Crippen LogP contribution in [0.3, 0.4) is 0 Å². The van der Waals surface area contributed by atoms with Crippen LogP contribution in [0.1, 0.15) is 30.1 Å². The minimum atomic E-state index is -0.829. The van der Waals surface area contributed by atoms with Crippen molar-refractivity contribution in [2.75, 3.05) is 13.2 Å². The van der Waals surface area contributed by atoms with Crippen molar-refractivity contribution in [3.63, 3.8) is 0 Å². The van der Waals surface area contributed by atoms with Gasteiger partial charge in [0.25, 0.3) is 0 Å². The van der Waals surface area contributed by atoms with E-state index in [9.17, 15) is 9.90 Å². The average molecular weight is 247 g/mol. The molecule has 0 bridgehead atoms. The van der Waals surface area contributed by atoms with Gasteiger partial charge in [-0.3, -0.25) is 0 Å². The van der Waals surface area contributed by atoms with Gasteiger partial charge in [-0.2, -0.15) is 0 Å². The predicted molar refractivity (Wildman–Crippen MR) is 66.6 cm³/mol. The zero-order valence-corrected chi connectivity index (χ0v) is 10.2. The second-order valence-corrected chi connectivity index (χ2v) is 4.93. The molecule has 0 spiro atoms. The number of likely N-dealkylation sites (tertiary alicyclic amines) is 1. The summed E-state index contributed by atoms with van der Waals surface area (Å²) in [4.78, 5) is 12.8. The molecule has 3 rings (SSSR count). The molecule has 0 saturated carbocycles. The molecule has 2 heterocycles.